The van der Waals surface area contributed by atoms with Gasteiger partial charge < -0.3 is 9.73 Å². The zero-order valence-corrected chi connectivity index (χ0v) is 29.0. The van der Waals surface area contributed by atoms with Crippen molar-refractivity contribution in [2.45, 2.75) is 0 Å². The number of rotatable bonds is 7. The molecule has 8 aromatic carbocycles. The second kappa shape index (κ2) is 13.6. The van der Waals surface area contributed by atoms with Crippen molar-refractivity contribution >= 4 is 71.5 Å². The van der Waals surface area contributed by atoms with Crippen molar-refractivity contribution in [3.8, 4) is 11.1 Å². The fourth-order valence-electron chi connectivity index (χ4n) is 7.58. The highest BCUT2D eigenvalue weighted by molar-refractivity contribution is 6.27. The molecule has 0 bridgehead atoms. The number of nitrogens with zero attached hydrogens (tertiary/aromatic N) is 1. The molecule has 9 rings (SSSR count). The van der Waals surface area contributed by atoms with Crippen molar-refractivity contribution in [2.24, 2.45) is 4.99 Å². The predicted octanol–water partition coefficient (Wildman–Crippen LogP) is 12.3. The first-order chi connectivity index (χ1) is 26.2. The molecule has 0 aliphatic rings. The number of hydrogen-bond acceptors (Lipinski definition) is 2. The molecule has 0 saturated carbocycles. The molecule has 1 heterocycles. The van der Waals surface area contributed by atoms with E-state index in [0.717, 1.165) is 55.3 Å². The summed E-state index contributed by atoms with van der Waals surface area (Å²) in [6, 6.07) is 56.4. The van der Waals surface area contributed by atoms with E-state index in [4.69, 9.17) is 14.8 Å². The number of furan rings is 1. The maximum absolute atomic E-state index is 9.07. The van der Waals surface area contributed by atoms with Crippen molar-refractivity contribution < 1.29 is 4.42 Å². The van der Waals surface area contributed by atoms with Crippen LogP contribution in [-0.4, -0.2) is 18.2 Å². The zero-order valence-electron chi connectivity index (χ0n) is 29.0. The number of hydrogen-bond donors (Lipinski definition) is 2. The van der Waals surface area contributed by atoms with Crippen LogP contribution >= 0.6 is 0 Å². The molecule has 0 unspecified atom stereocenters. The highest BCUT2D eigenvalue weighted by atomic mass is 16.3. The number of benzene rings is 8. The van der Waals surface area contributed by atoms with E-state index < -0.39 is 0 Å². The van der Waals surface area contributed by atoms with E-state index in [1.165, 1.54) is 32.3 Å². The fraction of sp³-hybridized carbons (Fsp3) is 0.0204. The Labute approximate surface area is 307 Å². The third kappa shape index (κ3) is 5.77. The van der Waals surface area contributed by atoms with Gasteiger partial charge in [0.15, 0.2) is 5.84 Å². The highest BCUT2D eigenvalue weighted by Crippen LogP contribution is 2.41. The molecule has 0 radical (unpaired) electrons. The Hall–Kier alpha value is -7.04. The summed E-state index contributed by atoms with van der Waals surface area (Å²) < 4.78 is 6.58. The molecule has 0 aliphatic carbocycles. The Morgan fingerprint density at radius 3 is 1.81 bits per heavy atom. The van der Waals surface area contributed by atoms with Gasteiger partial charge in [0, 0.05) is 28.4 Å². The van der Waals surface area contributed by atoms with Gasteiger partial charge >= 0.3 is 0 Å². The molecule has 0 aliphatic heterocycles. The van der Waals surface area contributed by atoms with E-state index in [0.29, 0.717) is 12.4 Å². The molecule has 0 spiro atoms. The molecule has 4 heteroatoms. The van der Waals surface area contributed by atoms with Crippen molar-refractivity contribution in [3.63, 3.8) is 0 Å². The van der Waals surface area contributed by atoms with Crippen LogP contribution in [0, 0.1) is 5.41 Å². The summed E-state index contributed by atoms with van der Waals surface area (Å²) in [7, 11) is 0. The molecule has 4 nitrogen and oxygen atoms in total. The van der Waals surface area contributed by atoms with Crippen LogP contribution in [0.15, 0.2) is 192 Å². The summed E-state index contributed by atoms with van der Waals surface area (Å²) in [4.78, 5) is 4.98. The molecular weight excluding hydrogens is 647 g/mol. The third-order valence-electron chi connectivity index (χ3n) is 10.0. The first kappa shape index (κ1) is 31.9. The van der Waals surface area contributed by atoms with E-state index in [1.54, 1.807) is 6.08 Å². The average molecular weight is 682 g/mol. The minimum absolute atomic E-state index is 0.167. The monoisotopic (exact) mass is 681 g/mol. The van der Waals surface area contributed by atoms with Crippen LogP contribution in [-0.2, 0) is 0 Å². The molecule has 53 heavy (non-hydrogen) atoms. The predicted molar refractivity (Wildman–Crippen MR) is 224 cm³/mol. The van der Waals surface area contributed by atoms with Crippen molar-refractivity contribution in [3.05, 3.63) is 199 Å². The van der Waals surface area contributed by atoms with Crippen molar-refractivity contribution in [1.29, 1.82) is 5.41 Å². The Kier molecular flexibility index (Phi) is 8.18. The molecule has 2 N–H and O–H groups in total. The molecule has 252 valence electrons. The van der Waals surface area contributed by atoms with Gasteiger partial charge in [-0.3, -0.25) is 5.41 Å². The maximum atomic E-state index is 9.07. The Morgan fingerprint density at radius 2 is 1.15 bits per heavy atom. The van der Waals surface area contributed by atoms with E-state index in [1.807, 2.05) is 72.8 Å². The SMILES string of the molecule is C=C/C=C(\CN/C(=N\C(=N)c1ccccc1)c1cccc2oc3cccc(-c4ccc5c6ccccc6c6ccccc6c5c4)c3c12)c1ccccc1. The Balaban J connectivity index is 1.25. The van der Waals surface area contributed by atoms with Crippen molar-refractivity contribution in [2.75, 3.05) is 6.54 Å². The Bertz CT molecular complexity index is 2880. The summed E-state index contributed by atoms with van der Waals surface area (Å²) in [5, 5.41) is 22.1. The Morgan fingerprint density at radius 1 is 0.585 bits per heavy atom. The molecular formula is C49H35N3O. The van der Waals surface area contributed by atoms with Crippen LogP contribution in [0.25, 0.3) is 71.0 Å². The number of allylic oxidation sites excluding steroid dienone is 2. The average Bonchev–Trinajstić information content (AvgIpc) is 3.62. The van der Waals surface area contributed by atoms with Gasteiger partial charge in [0.05, 0.1) is 0 Å². The summed E-state index contributed by atoms with van der Waals surface area (Å²) in [5.74, 6) is 0.754. The summed E-state index contributed by atoms with van der Waals surface area (Å²) in [5.41, 5.74) is 7.46. The standard InChI is InChI=1S/C49H35N3O/c1-2-15-35(32-16-5-3-6-17-32)31-51-49(52-48(50)33-18-7-4-8-19-33)42-25-14-27-45-47(42)46-36(24-13-26-44(46)53-45)34-28-29-41-39-22-10-9-20-37(39)38-21-11-12-23-40(38)43(41)30-34/h2-30H,1,31H2,(H2,50,51,52)/b35-15+. The van der Waals surface area contributed by atoms with Crippen molar-refractivity contribution in [1.82, 2.24) is 5.32 Å². The van der Waals surface area contributed by atoms with Crippen LogP contribution in [0.2, 0.25) is 0 Å². The summed E-state index contributed by atoms with van der Waals surface area (Å²) >= 11 is 0. The molecule has 1 aromatic heterocycles. The van der Waals surface area contributed by atoms with Gasteiger partial charge in [-0.15, -0.1) is 0 Å². The summed E-state index contributed by atoms with van der Waals surface area (Å²) in [6.45, 7) is 4.45. The van der Waals surface area contributed by atoms with Gasteiger partial charge in [-0.2, -0.15) is 0 Å². The first-order valence-electron chi connectivity index (χ1n) is 17.8. The largest absolute Gasteiger partial charge is 0.456 e. The lowest BCUT2D eigenvalue weighted by Gasteiger charge is -2.15. The number of fused-ring (bicyclic) bond motifs is 9. The first-order valence-corrected chi connectivity index (χ1v) is 17.8. The molecule has 0 atom stereocenters. The number of nitrogens with one attached hydrogen (secondary N) is 2. The molecule has 0 fully saturated rings. The second-order valence-electron chi connectivity index (χ2n) is 13.1. The molecule has 9 aromatic rings. The van der Waals surface area contributed by atoms with E-state index in [9.17, 15) is 0 Å². The lowest BCUT2D eigenvalue weighted by atomic mass is 9.91. The van der Waals surface area contributed by atoms with E-state index in [-0.39, 0.29) is 5.84 Å². The molecule has 0 saturated heterocycles. The minimum atomic E-state index is 0.167. The van der Waals surface area contributed by atoms with E-state index >= 15 is 0 Å². The molecule has 0 amide bonds. The zero-order chi connectivity index (χ0) is 35.7. The van der Waals surface area contributed by atoms with E-state index in [2.05, 4.69) is 109 Å². The topological polar surface area (TPSA) is 61.4 Å². The van der Waals surface area contributed by atoms with Gasteiger partial charge in [0.25, 0.3) is 0 Å². The van der Waals surface area contributed by atoms with Gasteiger partial charge in [0.1, 0.15) is 17.0 Å². The van der Waals surface area contributed by atoms with Gasteiger partial charge in [-0.1, -0.05) is 164 Å². The summed E-state index contributed by atoms with van der Waals surface area (Å²) in [6.07, 6.45) is 3.82. The van der Waals surface area contributed by atoms with Crippen LogP contribution in [0.4, 0.5) is 0 Å². The normalized spacial score (nSPS) is 12.2. The number of amidine groups is 2. The lowest BCUT2D eigenvalue weighted by molar-refractivity contribution is 0.669. The van der Waals surface area contributed by atoms with Crippen LogP contribution in [0.5, 0.6) is 0 Å². The van der Waals surface area contributed by atoms with Crippen LogP contribution < -0.4 is 5.32 Å². The second-order valence-corrected chi connectivity index (χ2v) is 13.1. The highest BCUT2D eigenvalue weighted by Gasteiger charge is 2.20. The smallest absolute Gasteiger partial charge is 0.154 e. The third-order valence-corrected chi connectivity index (χ3v) is 10.0. The quantitative estimate of drug-likeness (QED) is 0.0761. The van der Waals surface area contributed by atoms with Gasteiger partial charge in [-0.05, 0) is 72.8 Å². The minimum Gasteiger partial charge on any atom is -0.456 e. The van der Waals surface area contributed by atoms with Crippen LogP contribution in [0.3, 0.4) is 0 Å². The lowest BCUT2D eigenvalue weighted by Crippen LogP contribution is -2.27. The number of aliphatic imine (C=N–C) groups is 1. The fourth-order valence-corrected chi connectivity index (χ4v) is 7.58. The van der Waals surface area contributed by atoms with Crippen LogP contribution in [0.1, 0.15) is 16.7 Å². The maximum Gasteiger partial charge on any atom is 0.154 e. The van der Waals surface area contributed by atoms with Gasteiger partial charge in [-0.25, -0.2) is 4.99 Å². The van der Waals surface area contributed by atoms with Gasteiger partial charge in [0.2, 0.25) is 0 Å².